The monoisotopic (exact) mass is 371 g/mol. The van der Waals surface area contributed by atoms with Crippen molar-refractivity contribution in [1.29, 1.82) is 0 Å². The van der Waals surface area contributed by atoms with Gasteiger partial charge in [0.05, 0.1) is 12.1 Å². The molecule has 1 aliphatic heterocycles. The molecule has 1 saturated heterocycles. The summed E-state index contributed by atoms with van der Waals surface area (Å²) in [5.74, 6) is 0.0352. The first-order chi connectivity index (χ1) is 12.1. The average Bonchev–Trinajstić information content (AvgIpc) is 2.56. The second-order valence-corrected chi connectivity index (χ2v) is 7.53. The Balaban J connectivity index is 1.77. The molecule has 0 bridgehead atoms. The molecule has 7 heteroatoms. The van der Waals surface area contributed by atoms with Gasteiger partial charge in [0.2, 0.25) is 5.91 Å². The topological polar surface area (TPSA) is 35.6 Å². The quantitative estimate of drug-likeness (QED) is 0.835. The van der Waals surface area contributed by atoms with Crippen molar-refractivity contribution >= 4 is 5.91 Å². The number of rotatable bonds is 6. The number of nitrogens with one attached hydrogen (secondary N) is 1. The van der Waals surface area contributed by atoms with Crippen molar-refractivity contribution < 1.29 is 18.0 Å². The molecule has 0 unspecified atom stereocenters. The zero-order valence-corrected chi connectivity index (χ0v) is 15.7. The Bertz CT molecular complexity index is 591. The molecule has 1 amide bonds. The van der Waals surface area contributed by atoms with E-state index >= 15 is 0 Å². The summed E-state index contributed by atoms with van der Waals surface area (Å²) < 4.78 is 37.8. The summed E-state index contributed by atoms with van der Waals surface area (Å²) in [5.41, 5.74) is 0.0579. The van der Waals surface area contributed by atoms with Gasteiger partial charge in [0.1, 0.15) is 0 Å². The minimum absolute atomic E-state index is 0.0352. The molecule has 0 aliphatic carbocycles. The van der Waals surface area contributed by atoms with Gasteiger partial charge in [0.15, 0.2) is 0 Å². The maximum Gasteiger partial charge on any atom is 0.416 e. The van der Waals surface area contributed by atoms with Gasteiger partial charge >= 0.3 is 6.18 Å². The molecule has 0 spiro atoms. The lowest BCUT2D eigenvalue weighted by Crippen LogP contribution is -2.52. The highest BCUT2D eigenvalue weighted by Crippen LogP contribution is 2.29. The van der Waals surface area contributed by atoms with Gasteiger partial charge in [-0.05, 0) is 38.0 Å². The minimum Gasteiger partial charge on any atom is -0.350 e. The van der Waals surface area contributed by atoms with Crippen LogP contribution < -0.4 is 5.32 Å². The summed E-state index contributed by atoms with van der Waals surface area (Å²) in [6.45, 7) is 10.2. The number of benzene rings is 1. The third kappa shape index (κ3) is 6.29. The van der Waals surface area contributed by atoms with Crippen LogP contribution >= 0.6 is 0 Å². The summed E-state index contributed by atoms with van der Waals surface area (Å²) in [4.78, 5) is 16.4. The van der Waals surface area contributed by atoms with E-state index in [9.17, 15) is 18.0 Å². The first-order valence-corrected chi connectivity index (χ1v) is 9.01. The second kappa shape index (κ2) is 8.39. The van der Waals surface area contributed by atoms with E-state index in [1.165, 1.54) is 12.1 Å². The molecule has 1 aromatic carbocycles. The maximum atomic E-state index is 12.6. The number of halogens is 3. The normalized spacial score (nSPS) is 17.3. The molecule has 1 N–H and O–H groups in total. The van der Waals surface area contributed by atoms with Crippen molar-refractivity contribution in [3.63, 3.8) is 0 Å². The van der Waals surface area contributed by atoms with Crippen molar-refractivity contribution in [1.82, 2.24) is 15.1 Å². The van der Waals surface area contributed by atoms with Crippen LogP contribution in [0.5, 0.6) is 0 Å². The number of carbonyl (C=O) groups is 1. The number of alkyl halides is 3. The van der Waals surface area contributed by atoms with Gasteiger partial charge in [-0.1, -0.05) is 19.1 Å². The Morgan fingerprint density at radius 1 is 1.04 bits per heavy atom. The lowest BCUT2D eigenvalue weighted by Gasteiger charge is -2.35. The highest BCUT2D eigenvalue weighted by Gasteiger charge is 2.30. The summed E-state index contributed by atoms with van der Waals surface area (Å²) in [6.07, 6.45) is -3.42. The highest BCUT2D eigenvalue weighted by atomic mass is 19.4. The van der Waals surface area contributed by atoms with E-state index in [2.05, 4.69) is 15.1 Å². The fraction of sp³-hybridized carbons (Fsp3) is 0.632. The number of carbonyl (C=O) groups excluding carboxylic acids is 1. The molecule has 2 rings (SSSR count). The predicted molar refractivity (Wildman–Crippen MR) is 95.7 cm³/mol. The van der Waals surface area contributed by atoms with Gasteiger partial charge in [0.25, 0.3) is 0 Å². The fourth-order valence-electron chi connectivity index (χ4n) is 2.87. The van der Waals surface area contributed by atoms with Crippen molar-refractivity contribution in [2.45, 2.75) is 45.5 Å². The molecule has 1 heterocycles. The fourth-order valence-corrected chi connectivity index (χ4v) is 2.87. The third-order valence-corrected chi connectivity index (χ3v) is 4.88. The van der Waals surface area contributed by atoms with E-state index < -0.39 is 11.7 Å². The van der Waals surface area contributed by atoms with Crippen molar-refractivity contribution in [2.24, 2.45) is 0 Å². The van der Waals surface area contributed by atoms with E-state index in [-0.39, 0.29) is 11.4 Å². The molecule has 4 nitrogen and oxygen atoms in total. The van der Waals surface area contributed by atoms with Gasteiger partial charge < -0.3 is 5.32 Å². The Kier molecular flexibility index (Phi) is 6.69. The van der Waals surface area contributed by atoms with E-state index in [1.54, 1.807) is 0 Å². The van der Waals surface area contributed by atoms with E-state index in [1.807, 2.05) is 20.8 Å². The molecular formula is C19H28F3N3O. The molecule has 0 radical (unpaired) electrons. The molecule has 1 fully saturated rings. The molecule has 26 heavy (non-hydrogen) atoms. The van der Waals surface area contributed by atoms with Crippen LogP contribution in [0.4, 0.5) is 13.2 Å². The predicted octanol–water partition coefficient (Wildman–Crippen LogP) is 3.13. The number of piperazine rings is 1. The standard InChI is InChI=1S/C19H28F3N3O/c1-4-18(2,3)23-17(26)14-25-11-9-24(10-12-25)13-15-5-7-16(8-6-15)19(20,21)22/h5-8H,4,9-14H2,1-3H3,(H,23,26). The summed E-state index contributed by atoms with van der Waals surface area (Å²) in [5, 5.41) is 3.04. The zero-order valence-electron chi connectivity index (χ0n) is 15.7. The molecular weight excluding hydrogens is 343 g/mol. The maximum absolute atomic E-state index is 12.6. The number of nitrogens with zero attached hydrogens (tertiary/aromatic N) is 2. The van der Waals surface area contributed by atoms with Gasteiger partial charge in [-0.25, -0.2) is 0 Å². The van der Waals surface area contributed by atoms with Crippen LogP contribution in [0.15, 0.2) is 24.3 Å². The lowest BCUT2D eigenvalue weighted by atomic mass is 10.0. The second-order valence-electron chi connectivity index (χ2n) is 7.53. The van der Waals surface area contributed by atoms with Gasteiger partial charge in [-0.2, -0.15) is 13.2 Å². The number of amides is 1. The van der Waals surface area contributed by atoms with Crippen molar-refractivity contribution in [2.75, 3.05) is 32.7 Å². The molecule has 0 aromatic heterocycles. The van der Waals surface area contributed by atoms with Gasteiger partial charge in [-0.3, -0.25) is 14.6 Å². The lowest BCUT2D eigenvalue weighted by molar-refractivity contribution is -0.137. The Morgan fingerprint density at radius 3 is 2.08 bits per heavy atom. The average molecular weight is 371 g/mol. The van der Waals surface area contributed by atoms with Gasteiger partial charge in [0, 0.05) is 38.3 Å². The van der Waals surface area contributed by atoms with E-state index in [0.29, 0.717) is 13.1 Å². The van der Waals surface area contributed by atoms with Crippen LogP contribution in [0.2, 0.25) is 0 Å². The highest BCUT2D eigenvalue weighted by molar-refractivity contribution is 5.78. The van der Waals surface area contributed by atoms with E-state index in [4.69, 9.17) is 0 Å². The SMILES string of the molecule is CCC(C)(C)NC(=O)CN1CCN(Cc2ccc(C(F)(F)F)cc2)CC1. The first-order valence-electron chi connectivity index (χ1n) is 9.01. The van der Waals surface area contributed by atoms with Crippen molar-refractivity contribution in [3.05, 3.63) is 35.4 Å². The molecule has 1 aromatic rings. The smallest absolute Gasteiger partial charge is 0.350 e. The number of hydrogen-bond acceptors (Lipinski definition) is 3. The largest absolute Gasteiger partial charge is 0.416 e. The van der Waals surface area contributed by atoms with Crippen LogP contribution in [0.1, 0.15) is 38.3 Å². The molecule has 146 valence electrons. The van der Waals surface area contributed by atoms with Crippen LogP contribution in [-0.4, -0.2) is 54.0 Å². The molecule has 0 atom stereocenters. The Morgan fingerprint density at radius 2 is 1.58 bits per heavy atom. The van der Waals surface area contributed by atoms with Crippen LogP contribution in [-0.2, 0) is 17.5 Å². The zero-order chi connectivity index (χ0) is 19.4. The minimum atomic E-state index is -4.29. The third-order valence-electron chi connectivity index (χ3n) is 4.88. The van der Waals surface area contributed by atoms with E-state index in [0.717, 1.165) is 50.3 Å². The summed E-state index contributed by atoms with van der Waals surface area (Å²) >= 11 is 0. The van der Waals surface area contributed by atoms with Crippen LogP contribution in [0.25, 0.3) is 0 Å². The van der Waals surface area contributed by atoms with Crippen LogP contribution in [0, 0.1) is 0 Å². The van der Waals surface area contributed by atoms with Crippen molar-refractivity contribution in [3.8, 4) is 0 Å². The van der Waals surface area contributed by atoms with Crippen LogP contribution in [0.3, 0.4) is 0 Å². The Hall–Kier alpha value is -1.60. The summed E-state index contributed by atoms with van der Waals surface area (Å²) in [6, 6.07) is 5.34. The molecule has 1 aliphatic rings. The number of hydrogen-bond donors (Lipinski definition) is 1. The summed E-state index contributed by atoms with van der Waals surface area (Å²) in [7, 11) is 0. The molecule has 0 saturated carbocycles. The van der Waals surface area contributed by atoms with Gasteiger partial charge in [-0.15, -0.1) is 0 Å². The Labute approximate surface area is 153 Å². The first kappa shape index (κ1) is 20.7.